The van der Waals surface area contributed by atoms with Crippen LogP contribution in [-0.2, 0) is 19.8 Å². The van der Waals surface area contributed by atoms with Crippen LogP contribution in [0.25, 0.3) is 0 Å². The predicted molar refractivity (Wildman–Crippen MR) is 62.2 cm³/mol. The molecule has 1 aliphatic carbocycles. The monoisotopic (exact) mass is 233 g/mol. The molecule has 0 saturated heterocycles. The highest BCUT2D eigenvalue weighted by molar-refractivity contribution is 5.44. The lowest BCUT2D eigenvalue weighted by atomic mass is 9.98. The number of hydrogen-bond acceptors (Lipinski definition) is 4. The molecule has 1 aliphatic rings. The van der Waals surface area contributed by atoms with E-state index in [1.54, 1.807) is 20.3 Å². The van der Waals surface area contributed by atoms with Gasteiger partial charge < -0.3 is 9.47 Å². The topological polar surface area (TPSA) is 47.9 Å². The number of methoxy groups -OCH3 is 2. The molecule has 17 heavy (non-hydrogen) atoms. The zero-order chi connectivity index (χ0) is 12.3. The molecule has 1 aromatic carbocycles. The van der Waals surface area contributed by atoms with Crippen molar-refractivity contribution in [3.05, 3.63) is 35.4 Å². The van der Waals surface area contributed by atoms with Crippen LogP contribution in [-0.4, -0.2) is 20.3 Å². The Bertz CT molecular complexity index is 444. The standard InChI is InChI=1S/C13H15NO3/c1-16-12(17-2)10-5-3-4-6-11(10)13(7-8-13)14-9-15/h3-6,12H,7-8H2,1-2H3. The van der Waals surface area contributed by atoms with Crippen molar-refractivity contribution in [1.82, 2.24) is 0 Å². The number of isocyanates is 1. The molecule has 0 unspecified atom stereocenters. The summed E-state index contributed by atoms with van der Waals surface area (Å²) in [5, 5.41) is 0. The van der Waals surface area contributed by atoms with Gasteiger partial charge in [0.2, 0.25) is 6.08 Å². The molecule has 1 aromatic rings. The van der Waals surface area contributed by atoms with E-state index in [4.69, 9.17) is 9.47 Å². The van der Waals surface area contributed by atoms with Crippen LogP contribution in [0.15, 0.2) is 29.3 Å². The molecule has 0 amide bonds. The predicted octanol–water partition coefficient (Wildman–Crippen LogP) is 2.30. The maximum absolute atomic E-state index is 10.5. The zero-order valence-electron chi connectivity index (χ0n) is 9.97. The van der Waals surface area contributed by atoms with E-state index in [-0.39, 0.29) is 0 Å². The number of hydrogen-bond donors (Lipinski definition) is 0. The number of nitrogens with zero attached hydrogens (tertiary/aromatic N) is 1. The van der Waals surface area contributed by atoms with E-state index in [9.17, 15) is 4.79 Å². The van der Waals surface area contributed by atoms with Crippen molar-refractivity contribution < 1.29 is 14.3 Å². The van der Waals surface area contributed by atoms with Crippen LogP contribution in [0.5, 0.6) is 0 Å². The van der Waals surface area contributed by atoms with Crippen LogP contribution < -0.4 is 0 Å². The molecule has 2 rings (SSSR count). The molecule has 0 heterocycles. The zero-order valence-corrected chi connectivity index (χ0v) is 9.97. The summed E-state index contributed by atoms with van der Waals surface area (Å²) in [5.41, 5.74) is 1.53. The van der Waals surface area contributed by atoms with Crippen LogP contribution in [0.1, 0.15) is 30.3 Å². The Morgan fingerprint density at radius 2 is 1.94 bits per heavy atom. The third kappa shape index (κ3) is 2.15. The van der Waals surface area contributed by atoms with Gasteiger partial charge in [0.25, 0.3) is 0 Å². The first-order valence-corrected chi connectivity index (χ1v) is 5.51. The number of carbonyl (C=O) groups excluding carboxylic acids is 1. The average Bonchev–Trinajstić information content (AvgIpc) is 3.13. The van der Waals surface area contributed by atoms with Gasteiger partial charge in [-0.3, -0.25) is 0 Å². The highest BCUT2D eigenvalue weighted by Gasteiger charge is 2.46. The van der Waals surface area contributed by atoms with Gasteiger partial charge in [-0.2, -0.15) is 4.99 Å². The molecule has 0 atom stereocenters. The second-order valence-electron chi connectivity index (χ2n) is 4.13. The number of rotatable bonds is 5. The lowest BCUT2D eigenvalue weighted by Gasteiger charge is -2.20. The summed E-state index contributed by atoms with van der Waals surface area (Å²) < 4.78 is 10.5. The smallest absolute Gasteiger partial charge is 0.235 e. The van der Waals surface area contributed by atoms with Crippen LogP contribution in [0, 0.1) is 0 Å². The second kappa shape index (κ2) is 4.80. The van der Waals surface area contributed by atoms with Crippen LogP contribution in [0.3, 0.4) is 0 Å². The first kappa shape index (κ1) is 12.0. The Kier molecular flexibility index (Phi) is 3.38. The van der Waals surface area contributed by atoms with Crippen molar-refractivity contribution in [2.45, 2.75) is 24.7 Å². The molecule has 0 aliphatic heterocycles. The van der Waals surface area contributed by atoms with Crippen molar-refractivity contribution >= 4 is 6.08 Å². The molecule has 90 valence electrons. The quantitative estimate of drug-likeness (QED) is 0.445. The summed E-state index contributed by atoms with van der Waals surface area (Å²) >= 11 is 0. The Morgan fingerprint density at radius 3 is 2.47 bits per heavy atom. The van der Waals surface area contributed by atoms with E-state index in [0.29, 0.717) is 0 Å². The Morgan fingerprint density at radius 1 is 1.29 bits per heavy atom. The lowest BCUT2D eigenvalue weighted by molar-refractivity contribution is -0.106. The first-order chi connectivity index (χ1) is 8.27. The van der Waals surface area contributed by atoms with Crippen molar-refractivity contribution in [2.24, 2.45) is 4.99 Å². The van der Waals surface area contributed by atoms with Gasteiger partial charge in [-0.25, -0.2) is 4.79 Å². The SMILES string of the molecule is COC(OC)c1ccccc1C1(N=C=O)CC1. The van der Waals surface area contributed by atoms with E-state index in [1.807, 2.05) is 24.3 Å². The van der Waals surface area contributed by atoms with E-state index in [0.717, 1.165) is 24.0 Å². The summed E-state index contributed by atoms with van der Waals surface area (Å²) in [6, 6.07) is 7.76. The molecule has 0 bridgehead atoms. The van der Waals surface area contributed by atoms with Crippen molar-refractivity contribution in [3.63, 3.8) is 0 Å². The van der Waals surface area contributed by atoms with Crippen LogP contribution in [0.2, 0.25) is 0 Å². The minimum Gasteiger partial charge on any atom is -0.352 e. The summed E-state index contributed by atoms with van der Waals surface area (Å²) in [5.74, 6) is 0. The molecular formula is C13H15NO3. The number of ether oxygens (including phenoxy) is 2. The molecule has 4 heteroatoms. The highest BCUT2D eigenvalue weighted by Crippen LogP contribution is 2.51. The van der Waals surface area contributed by atoms with Gasteiger partial charge in [0.15, 0.2) is 6.29 Å². The molecule has 4 nitrogen and oxygen atoms in total. The van der Waals surface area contributed by atoms with Gasteiger partial charge in [0, 0.05) is 19.8 Å². The van der Waals surface area contributed by atoms with E-state index in [1.165, 1.54) is 0 Å². The van der Waals surface area contributed by atoms with Gasteiger partial charge in [-0.15, -0.1) is 0 Å². The average molecular weight is 233 g/mol. The van der Waals surface area contributed by atoms with Gasteiger partial charge in [-0.1, -0.05) is 24.3 Å². The van der Waals surface area contributed by atoms with E-state index in [2.05, 4.69) is 4.99 Å². The number of aliphatic imine (C=N–C) groups is 1. The normalized spacial score (nSPS) is 16.6. The van der Waals surface area contributed by atoms with Gasteiger partial charge in [0.05, 0.1) is 5.54 Å². The van der Waals surface area contributed by atoms with Gasteiger partial charge >= 0.3 is 0 Å². The molecule has 1 saturated carbocycles. The lowest BCUT2D eigenvalue weighted by Crippen LogP contribution is -2.12. The van der Waals surface area contributed by atoms with Crippen molar-refractivity contribution in [1.29, 1.82) is 0 Å². The summed E-state index contributed by atoms with van der Waals surface area (Å²) in [6.45, 7) is 0. The molecule has 1 fully saturated rings. The second-order valence-corrected chi connectivity index (χ2v) is 4.13. The summed E-state index contributed by atoms with van der Waals surface area (Å²) in [4.78, 5) is 14.4. The molecule has 0 radical (unpaired) electrons. The molecular weight excluding hydrogens is 218 g/mol. The third-order valence-corrected chi connectivity index (χ3v) is 3.13. The number of benzene rings is 1. The fourth-order valence-electron chi connectivity index (χ4n) is 2.12. The first-order valence-electron chi connectivity index (χ1n) is 5.51. The summed E-state index contributed by atoms with van der Waals surface area (Å²) in [7, 11) is 3.18. The highest BCUT2D eigenvalue weighted by atomic mass is 16.7. The maximum atomic E-state index is 10.5. The van der Waals surface area contributed by atoms with Crippen LogP contribution >= 0.6 is 0 Å². The van der Waals surface area contributed by atoms with Gasteiger partial charge in [0.1, 0.15) is 0 Å². The van der Waals surface area contributed by atoms with Crippen molar-refractivity contribution in [2.75, 3.05) is 14.2 Å². The van der Waals surface area contributed by atoms with Gasteiger partial charge in [-0.05, 0) is 18.4 Å². The Balaban J connectivity index is 2.44. The minimum atomic E-state index is -0.425. The van der Waals surface area contributed by atoms with E-state index >= 15 is 0 Å². The fraction of sp³-hybridized carbons (Fsp3) is 0.462. The molecule has 0 aromatic heterocycles. The largest absolute Gasteiger partial charge is 0.352 e. The summed E-state index contributed by atoms with van der Waals surface area (Å²) in [6.07, 6.45) is 2.99. The molecule has 0 spiro atoms. The maximum Gasteiger partial charge on any atom is 0.235 e. The van der Waals surface area contributed by atoms with Crippen molar-refractivity contribution in [3.8, 4) is 0 Å². The minimum absolute atomic E-state index is 0.395. The third-order valence-electron chi connectivity index (χ3n) is 3.13. The Hall–Kier alpha value is -1.48. The van der Waals surface area contributed by atoms with Crippen LogP contribution in [0.4, 0.5) is 0 Å². The fourth-order valence-corrected chi connectivity index (χ4v) is 2.12. The molecule has 0 N–H and O–H groups in total. The van der Waals surface area contributed by atoms with E-state index < -0.39 is 11.8 Å². The Labute approximate surface area is 100 Å².